The second-order valence-corrected chi connectivity index (χ2v) is 16.0. The van der Waals surface area contributed by atoms with Crippen molar-refractivity contribution in [3.05, 3.63) is 212 Å². The molecule has 0 spiro atoms. The van der Waals surface area contributed by atoms with Gasteiger partial charge in [-0.1, -0.05) is 184 Å². The average Bonchev–Trinajstić information content (AvgIpc) is 3.55. The molecule has 3 nitrogen and oxygen atoms in total. The minimum atomic E-state index is -0.126. The Labute approximate surface area is 344 Å². The zero-order chi connectivity index (χ0) is 39.5. The number of aromatic nitrogens is 3. The van der Waals surface area contributed by atoms with Gasteiger partial charge in [0, 0.05) is 34.5 Å². The first-order chi connectivity index (χ1) is 29.0. The Morgan fingerprint density at radius 3 is 1.69 bits per heavy atom. The summed E-state index contributed by atoms with van der Waals surface area (Å²) >= 11 is 0. The molecular formula is C56H39N3. The van der Waals surface area contributed by atoms with Gasteiger partial charge in [-0.2, -0.15) is 0 Å². The van der Waals surface area contributed by atoms with Crippen LogP contribution >= 0.6 is 0 Å². The lowest BCUT2D eigenvalue weighted by molar-refractivity contribution is 0.662. The lowest BCUT2D eigenvalue weighted by Gasteiger charge is -2.24. The van der Waals surface area contributed by atoms with Crippen molar-refractivity contribution in [2.24, 2.45) is 0 Å². The third-order valence-electron chi connectivity index (χ3n) is 12.2. The maximum Gasteiger partial charge on any atom is 0.161 e. The van der Waals surface area contributed by atoms with Crippen LogP contribution in [-0.4, -0.2) is 15.0 Å². The molecule has 0 atom stereocenters. The van der Waals surface area contributed by atoms with Crippen LogP contribution in [0.3, 0.4) is 0 Å². The maximum atomic E-state index is 5.25. The summed E-state index contributed by atoms with van der Waals surface area (Å²) in [5, 5.41) is 4.89. The van der Waals surface area contributed by atoms with Crippen LogP contribution in [0, 0.1) is 0 Å². The topological polar surface area (TPSA) is 38.7 Å². The van der Waals surface area contributed by atoms with Crippen LogP contribution in [0.1, 0.15) is 25.0 Å². The van der Waals surface area contributed by atoms with Gasteiger partial charge in [0.15, 0.2) is 5.82 Å². The molecule has 0 aliphatic heterocycles. The van der Waals surface area contributed by atoms with Gasteiger partial charge in [0.25, 0.3) is 0 Å². The summed E-state index contributed by atoms with van der Waals surface area (Å²) in [7, 11) is 0. The average molecular weight is 754 g/mol. The number of hydrogen-bond donors (Lipinski definition) is 0. The van der Waals surface area contributed by atoms with E-state index in [0.717, 1.165) is 50.0 Å². The van der Waals surface area contributed by atoms with Crippen molar-refractivity contribution in [3.8, 4) is 78.4 Å². The zero-order valence-corrected chi connectivity index (χ0v) is 32.9. The molecule has 3 heteroatoms. The maximum absolute atomic E-state index is 5.25. The summed E-state index contributed by atoms with van der Waals surface area (Å²) in [4.78, 5) is 14.8. The fraction of sp³-hybridized carbons (Fsp3) is 0.0536. The van der Waals surface area contributed by atoms with Crippen LogP contribution in [-0.2, 0) is 5.41 Å². The molecule has 0 saturated heterocycles. The van der Waals surface area contributed by atoms with E-state index in [9.17, 15) is 0 Å². The fourth-order valence-electron chi connectivity index (χ4n) is 9.31. The van der Waals surface area contributed by atoms with Crippen molar-refractivity contribution in [2.45, 2.75) is 19.3 Å². The first-order valence-electron chi connectivity index (χ1n) is 20.3. The first kappa shape index (κ1) is 34.7. The molecule has 0 N–H and O–H groups in total. The second kappa shape index (κ2) is 13.9. The van der Waals surface area contributed by atoms with E-state index in [0.29, 0.717) is 5.82 Å². The predicted octanol–water partition coefficient (Wildman–Crippen LogP) is 14.5. The largest absolute Gasteiger partial charge is 0.264 e. The molecule has 278 valence electrons. The summed E-state index contributed by atoms with van der Waals surface area (Å²) in [6.07, 6.45) is 3.69. The van der Waals surface area contributed by atoms with E-state index < -0.39 is 0 Å². The van der Waals surface area contributed by atoms with Crippen molar-refractivity contribution >= 4 is 21.5 Å². The molecule has 59 heavy (non-hydrogen) atoms. The molecule has 0 bridgehead atoms. The highest BCUT2D eigenvalue weighted by Crippen LogP contribution is 2.54. The molecule has 10 aromatic rings. The summed E-state index contributed by atoms with van der Waals surface area (Å²) < 4.78 is 0. The highest BCUT2D eigenvalue weighted by molar-refractivity contribution is 6.06. The minimum Gasteiger partial charge on any atom is -0.264 e. The van der Waals surface area contributed by atoms with Crippen molar-refractivity contribution in [3.63, 3.8) is 0 Å². The standard InChI is InChI=1S/C56H39N3/c1-56(2)50-32-29-37-12-6-7-16-44(37)53(50)49-20-10-19-45(54(49)56)39-25-23-38(24-26-39)43-30-31-48(47-18-9-8-17-46(43)47)55-58-51(40-13-4-3-5-14-40)34-52(59-55)41-27-21-36(22-28-41)42-15-11-33-57-35-42/h3-35H,1-2H3. The van der Waals surface area contributed by atoms with Gasteiger partial charge in [0.1, 0.15) is 0 Å². The molecule has 0 unspecified atom stereocenters. The Kier molecular flexibility index (Phi) is 8.16. The van der Waals surface area contributed by atoms with Crippen LogP contribution in [0.15, 0.2) is 200 Å². The van der Waals surface area contributed by atoms with Gasteiger partial charge in [0.2, 0.25) is 0 Å². The summed E-state index contributed by atoms with van der Waals surface area (Å²) in [5.41, 5.74) is 17.3. The third kappa shape index (κ3) is 5.85. The Morgan fingerprint density at radius 1 is 0.390 bits per heavy atom. The second-order valence-electron chi connectivity index (χ2n) is 16.0. The molecule has 8 aromatic carbocycles. The SMILES string of the molecule is CC1(C)c2ccc3ccccc3c2-c2cccc(-c3ccc(-c4ccc(-c5nc(-c6ccccc6)cc(-c6ccc(-c7cccnc7)cc6)n5)c5ccccc45)cc3)c21. The van der Waals surface area contributed by atoms with Crippen LogP contribution in [0.4, 0.5) is 0 Å². The Bertz CT molecular complexity index is 3200. The fourth-order valence-corrected chi connectivity index (χ4v) is 9.31. The molecule has 1 aliphatic rings. The van der Waals surface area contributed by atoms with E-state index in [1.165, 1.54) is 55.3 Å². The van der Waals surface area contributed by atoms with Crippen molar-refractivity contribution in [1.29, 1.82) is 0 Å². The smallest absolute Gasteiger partial charge is 0.161 e. The van der Waals surface area contributed by atoms with E-state index in [2.05, 4.69) is 195 Å². The number of fused-ring (bicyclic) bond motifs is 6. The number of hydrogen-bond acceptors (Lipinski definition) is 3. The molecule has 2 aromatic heterocycles. The number of benzene rings is 8. The van der Waals surface area contributed by atoms with Gasteiger partial charge in [-0.15, -0.1) is 0 Å². The lowest BCUT2D eigenvalue weighted by atomic mass is 9.78. The highest BCUT2D eigenvalue weighted by atomic mass is 14.9. The molecular weight excluding hydrogens is 715 g/mol. The third-order valence-corrected chi connectivity index (χ3v) is 12.2. The quantitative estimate of drug-likeness (QED) is 0.170. The van der Waals surface area contributed by atoms with E-state index in [1.807, 2.05) is 18.3 Å². The van der Waals surface area contributed by atoms with Crippen molar-refractivity contribution in [2.75, 3.05) is 0 Å². The number of nitrogens with zero attached hydrogens (tertiary/aromatic N) is 3. The first-order valence-corrected chi connectivity index (χ1v) is 20.3. The minimum absolute atomic E-state index is 0.126. The highest BCUT2D eigenvalue weighted by Gasteiger charge is 2.38. The molecule has 0 fully saturated rings. The van der Waals surface area contributed by atoms with Crippen LogP contribution < -0.4 is 0 Å². The van der Waals surface area contributed by atoms with Crippen LogP contribution in [0.2, 0.25) is 0 Å². The van der Waals surface area contributed by atoms with E-state index in [1.54, 1.807) is 6.20 Å². The van der Waals surface area contributed by atoms with Crippen LogP contribution in [0.25, 0.3) is 100.0 Å². The lowest BCUT2D eigenvalue weighted by Crippen LogP contribution is -2.16. The van der Waals surface area contributed by atoms with Gasteiger partial charge in [-0.25, -0.2) is 9.97 Å². The van der Waals surface area contributed by atoms with Gasteiger partial charge >= 0.3 is 0 Å². The predicted molar refractivity (Wildman–Crippen MR) is 245 cm³/mol. The normalized spacial score (nSPS) is 12.7. The van der Waals surface area contributed by atoms with Gasteiger partial charge in [-0.05, 0) is 95.4 Å². The summed E-state index contributed by atoms with van der Waals surface area (Å²) in [6.45, 7) is 4.75. The monoisotopic (exact) mass is 753 g/mol. The van der Waals surface area contributed by atoms with Gasteiger partial charge < -0.3 is 0 Å². The zero-order valence-electron chi connectivity index (χ0n) is 32.9. The molecule has 2 heterocycles. The summed E-state index contributed by atoms with van der Waals surface area (Å²) in [6, 6.07) is 67.5. The van der Waals surface area contributed by atoms with Gasteiger partial charge in [-0.3, -0.25) is 4.98 Å². The number of rotatable bonds is 6. The molecule has 0 amide bonds. The van der Waals surface area contributed by atoms with Crippen molar-refractivity contribution in [1.82, 2.24) is 15.0 Å². The number of pyridine rings is 1. The molecule has 0 saturated carbocycles. The Hall–Kier alpha value is -7.49. The van der Waals surface area contributed by atoms with E-state index >= 15 is 0 Å². The van der Waals surface area contributed by atoms with Gasteiger partial charge in [0.05, 0.1) is 11.4 Å². The Balaban J connectivity index is 0.988. The van der Waals surface area contributed by atoms with Crippen molar-refractivity contribution < 1.29 is 0 Å². The van der Waals surface area contributed by atoms with E-state index in [4.69, 9.17) is 9.97 Å². The molecule has 0 radical (unpaired) electrons. The molecule has 1 aliphatic carbocycles. The Morgan fingerprint density at radius 2 is 0.966 bits per heavy atom. The van der Waals surface area contributed by atoms with Crippen LogP contribution in [0.5, 0.6) is 0 Å². The summed E-state index contributed by atoms with van der Waals surface area (Å²) in [5.74, 6) is 0.699. The van der Waals surface area contributed by atoms with E-state index in [-0.39, 0.29) is 5.41 Å². The molecule has 11 rings (SSSR count).